The van der Waals surface area contributed by atoms with Crippen molar-refractivity contribution >= 4 is 28.4 Å². The van der Waals surface area contributed by atoms with Crippen LogP contribution in [0.4, 0.5) is 4.39 Å². The number of carbonyl (C=O) groups excluding carboxylic acids is 2. The number of Topliss-reactive ketones (excluding diaryl/α,β-unsaturated/α-hetero) is 1. The SMILES string of the molecule is COc1ccc(/C(O)=C2/C(=O)C(=O)N(CCc3c(C)[nH]c4ccccc34)C2c2ccc(F)cc2)cc1. The maximum atomic E-state index is 13.7. The molecule has 182 valence electrons. The van der Waals surface area contributed by atoms with Crippen LogP contribution in [0.25, 0.3) is 16.7 Å². The maximum absolute atomic E-state index is 13.7. The van der Waals surface area contributed by atoms with Gasteiger partial charge in [0.2, 0.25) is 0 Å². The van der Waals surface area contributed by atoms with E-state index in [9.17, 15) is 19.1 Å². The van der Waals surface area contributed by atoms with Gasteiger partial charge in [-0.05, 0) is 66.9 Å². The number of carbonyl (C=O) groups is 2. The Morgan fingerprint density at radius 2 is 1.72 bits per heavy atom. The van der Waals surface area contributed by atoms with Crippen molar-refractivity contribution in [2.75, 3.05) is 13.7 Å². The fourth-order valence-corrected chi connectivity index (χ4v) is 4.90. The molecule has 6 nitrogen and oxygen atoms in total. The van der Waals surface area contributed by atoms with E-state index in [-0.39, 0.29) is 17.9 Å². The van der Waals surface area contributed by atoms with E-state index in [4.69, 9.17) is 4.74 Å². The Kier molecular flexibility index (Phi) is 6.06. The Morgan fingerprint density at radius 3 is 2.42 bits per heavy atom. The molecule has 0 bridgehead atoms. The number of rotatable bonds is 6. The van der Waals surface area contributed by atoms with Crippen LogP contribution in [0.2, 0.25) is 0 Å². The number of para-hydroxylation sites is 1. The van der Waals surface area contributed by atoms with E-state index in [0.717, 1.165) is 22.2 Å². The number of aliphatic hydroxyl groups is 1. The van der Waals surface area contributed by atoms with Crippen LogP contribution < -0.4 is 4.74 Å². The lowest BCUT2D eigenvalue weighted by atomic mass is 9.95. The lowest BCUT2D eigenvalue weighted by Crippen LogP contribution is -2.31. The summed E-state index contributed by atoms with van der Waals surface area (Å²) >= 11 is 0. The smallest absolute Gasteiger partial charge is 0.295 e. The van der Waals surface area contributed by atoms with Crippen LogP contribution in [-0.4, -0.2) is 40.3 Å². The largest absolute Gasteiger partial charge is 0.507 e. The van der Waals surface area contributed by atoms with E-state index >= 15 is 0 Å². The molecule has 7 heteroatoms. The summed E-state index contributed by atoms with van der Waals surface area (Å²) in [7, 11) is 1.53. The predicted octanol–water partition coefficient (Wildman–Crippen LogP) is 5.29. The molecule has 36 heavy (non-hydrogen) atoms. The molecule has 0 saturated carbocycles. The number of nitrogens with zero attached hydrogens (tertiary/aromatic N) is 1. The number of methoxy groups -OCH3 is 1. The second-order valence-corrected chi connectivity index (χ2v) is 8.80. The predicted molar refractivity (Wildman–Crippen MR) is 135 cm³/mol. The van der Waals surface area contributed by atoms with E-state index in [0.29, 0.717) is 23.3 Å². The van der Waals surface area contributed by atoms with Crippen molar-refractivity contribution in [3.8, 4) is 5.75 Å². The van der Waals surface area contributed by atoms with Gasteiger partial charge in [0.25, 0.3) is 11.7 Å². The highest BCUT2D eigenvalue weighted by atomic mass is 19.1. The molecular formula is C29H25FN2O4. The highest BCUT2D eigenvalue weighted by Gasteiger charge is 2.45. The quantitative estimate of drug-likeness (QED) is 0.221. The maximum Gasteiger partial charge on any atom is 0.295 e. The summed E-state index contributed by atoms with van der Waals surface area (Å²) in [5.41, 5.74) is 3.95. The third-order valence-electron chi connectivity index (χ3n) is 6.72. The molecule has 2 heterocycles. The van der Waals surface area contributed by atoms with E-state index in [1.54, 1.807) is 24.3 Å². The van der Waals surface area contributed by atoms with E-state index in [1.165, 1.54) is 36.3 Å². The molecule has 1 saturated heterocycles. The monoisotopic (exact) mass is 484 g/mol. The summed E-state index contributed by atoms with van der Waals surface area (Å²) in [6, 6.07) is 19.3. The van der Waals surface area contributed by atoms with Crippen LogP contribution in [0, 0.1) is 12.7 Å². The van der Waals surface area contributed by atoms with Crippen LogP contribution in [0.3, 0.4) is 0 Å². The molecule has 0 aliphatic carbocycles. The number of halogens is 1. The molecule has 5 rings (SSSR count). The van der Waals surface area contributed by atoms with Gasteiger partial charge in [-0.25, -0.2) is 4.39 Å². The van der Waals surface area contributed by atoms with Crippen LogP contribution in [-0.2, 0) is 16.0 Å². The lowest BCUT2D eigenvalue weighted by Gasteiger charge is -2.25. The number of H-pyrrole nitrogens is 1. The summed E-state index contributed by atoms with van der Waals surface area (Å²) in [4.78, 5) is 31.3. The van der Waals surface area contributed by atoms with E-state index in [2.05, 4.69) is 4.98 Å². The van der Waals surface area contributed by atoms with E-state index in [1.807, 2.05) is 31.2 Å². The van der Waals surface area contributed by atoms with Crippen molar-refractivity contribution < 1.29 is 23.8 Å². The number of ether oxygens (including phenoxy) is 1. The zero-order valence-corrected chi connectivity index (χ0v) is 19.9. The topological polar surface area (TPSA) is 82.6 Å². The molecule has 1 amide bonds. The molecule has 1 unspecified atom stereocenters. The Labute approximate surface area is 207 Å². The molecule has 1 aromatic heterocycles. The number of aromatic amines is 1. The Morgan fingerprint density at radius 1 is 1.03 bits per heavy atom. The third kappa shape index (κ3) is 4.02. The fraction of sp³-hybridized carbons (Fsp3) is 0.172. The van der Waals surface area contributed by atoms with Gasteiger partial charge in [-0.3, -0.25) is 9.59 Å². The number of nitrogens with one attached hydrogen (secondary N) is 1. The van der Waals surface area contributed by atoms with Crippen molar-refractivity contribution in [2.45, 2.75) is 19.4 Å². The first-order valence-electron chi connectivity index (χ1n) is 11.6. The highest BCUT2D eigenvalue weighted by Crippen LogP contribution is 2.40. The number of aryl methyl sites for hydroxylation is 1. The Hall–Kier alpha value is -4.39. The molecule has 1 aliphatic heterocycles. The number of aromatic nitrogens is 1. The molecule has 0 radical (unpaired) electrons. The standard InChI is InChI=1S/C29H25FN2O4/c1-17-22(23-5-3-4-6-24(23)31-17)15-16-32-26(18-7-11-20(30)12-8-18)25(28(34)29(32)35)27(33)19-9-13-21(36-2)14-10-19/h3-14,26,31,33H,15-16H2,1-2H3/b27-25-. The second kappa shape index (κ2) is 9.34. The van der Waals surface area contributed by atoms with Gasteiger partial charge >= 0.3 is 0 Å². The minimum absolute atomic E-state index is 0.0209. The first-order valence-corrected chi connectivity index (χ1v) is 11.6. The third-order valence-corrected chi connectivity index (χ3v) is 6.72. The zero-order chi connectivity index (χ0) is 25.4. The van der Waals surface area contributed by atoms with Crippen molar-refractivity contribution in [1.82, 2.24) is 9.88 Å². The van der Waals surface area contributed by atoms with Crippen LogP contribution in [0.1, 0.15) is 28.4 Å². The van der Waals surface area contributed by atoms with Gasteiger partial charge in [0.1, 0.15) is 17.3 Å². The minimum Gasteiger partial charge on any atom is -0.507 e. The summed E-state index contributed by atoms with van der Waals surface area (Å²) in [6.45, 7) is 2.22. The molecule has 3 aromatic carbocycles. The van der Waals surface area contributed by atoms with Crippen molar-refractivity contribution in [3.63, 3.8) is 0 Å². The van der Waals surface area contributed by atoms with Gasteiger partial charge in [0.15, 0.2) is 0 Å². The van der Waals surface area contributed by atoms with Crippen molar-refractivity contribution in [3.05, 3.63) is 107 Å². The number of benzene rings is 3. The van der Waals surface area contributed by atoms with Crippen molar-refractivity contribution in [2.24, 2.45) is 0 Å². The van der Waals surface area contributed by atoms with Gasteiger partial charge in [0, 0.05) is 28.7 Å². The molecule has 4 aromatic rings. The van der Waals surface area contributed by atoms with Crippen molar-refractivity contribution in [1.29, 1.82) is 0 Å². The zero-order valence-electron chi connectivity index (χ0n) is 19.9. The van der Waals surface area contributed by atoms with Gasteiger partial charge < -0.3 is 19.7 Å². The van der Waals surface area contributed by atoms with Crippen LogP contribution in [0.15, 0.2) is 78.4 Å². The summed E-state index contributed by atoms with van der Waals surface area (Å²) in [5.74, 6) is -1.59. The molecule has 0 spiro atoms. The molecular weight excluding hydrogens is 459 g/mol. The molecule has 1 atom stereocenters. The molecule has 2 N–H and O–H groups in total. The van der Waals surface area contributed by atoms with Gasteiger partial charge in [-0.15, -0.1) is 0 Å². The minimum atomic E-state index is -0.849. The van der Waals surface area contributed by atoms with Gasteiger partial charge in [-0.1, -0.05) is 30.3 Å². The fourth-order valence-electron chi connectivity index (χ4n) is 4.90. The average Bonchev–Trinajstić information content (AvgIpc) is 3.35. The summed E-state index contributed by atoms with van der Waals surface area (Å²) in [5, 5.41) is 12.2. The van der Waals surface area contributed by atoms with Gasteiger partial charge in [0.05, 0.1) is 18.7 Å². The number of aliphatic hydroxyl groups excluding tert-OH is 1. The Bertz CT molecular complexity index is 1490. The summed E-state index contributed by atoms with van der Waals surface area (Å²) < 4.78 is 18.9. The van der Waals surface area contributed by atoms with Gasteiger partial charge in [-0.2, -0.15) is 0 Å². The van der Waals surface area contributed by atoms with Crippen LogP contribution in [0.5, 0.6) is 5.75 Å². The molecule has 1 aliphatic rings. The average molecular weight is 485 g/mol. The highest BCUT2D eigenvalue weighted by molar-refractivity contribution is 6.46. The Balaban J connectivity index is 1.57. The number of ketones is 1. The summed E-state index contributed by atoms with van der Waals surface area (Å²) in [6.07, 6.45) is 0.503. The van der Waals surface area contributed by atoms with Crippen LogP contribution >= 0.6 is 0 Å². The lowest BCUT2D eigenvalue weighted by molar-refractivity contribution is -0.139. The number of amides is 1. The molecule has 1 fully saturated rings. The van der Waals surface area contributed by atoms with E-state index < -0.39 is 23.5 Å². The number of hydrogen-bond acceptors (Lipinski definition) is 4. The first-order chi connectivity index (χ1) is 17.4. The second-order valence-electron chi connectivity index (χ2n) is 8.80. The number of likely N-dealkylation sites (tertiary alicyclic amines) is 1. The number of fused-ring (bicyclic) bond motifs is 1. The normalized spacial score (nSPS) is 17.2. The number of hydrogen-bond donors (Lipinski definition) is 2. The first kappa shape index (κ1) is 23.4.